The number of nitrogens with one attached hydrogen (secondary N) is 1. The molecule has 1 saturated heterocycles. The van der Waals surface area contributed by atoms with Gasteiger partial charge in [0.15, 0.2) is 0 Å². The van der Waals surface area contributed by atoms with Crippen LogP contribution in [0.15, 0.2) is 0 Å². The second-order valence-corrected chi connectivity index (χ2v) is 5.80. The fraction of sp³-hybridized carbons (Fsp3) is 1.00. The standard InChI is InChI=1S/C14H30N2O/c1-5-16-10-6-13(7-11-16)12-15-9-8-14(2,3)17-4/h13,15H,5-12H2,1-4H3. The molecule has 1 aliphatic rings. The first-order valence-electron chi connectivity index (χ1n) is 7.05. The number of rotatable bonds is 7. The Hall–Kier alpha value is -0.120. The van der Waals surface area contributed by atoms with Crippen LogP contribution in [0.3, 0.4) is 0 Å². The molecule has 0 saturated carbocycles. The molecule has 0 aromatic rings. The normalized spacial score (nSPS) is 19.8. The van der Waals surface area contributed by atoms with Crippen molar-refractivity contribution in [3.63, 3.8) is 0 Å². The van der Waals surface area contributed by atoms with E-state index in [1.165, 1.54) is 39.0 Å². The van der Waals surface area contributed by atoms with Gasteiger partial charge in [0, 0.05) is 7.11 Å². The second kappa shape index (κ2) is 7.34. The predicted octanol–water partition coefficient (Wildman–Crippen LogP) is 2.12. The van der Waals surface area contributed by atoms with Crippen LogP contribution in [-0.2, 0) is 4.74 Å². The van der Waals surface area contributed by atoms with Crippen LogP contribution in [0.4, 0.5) is 0 Å². The molecule has 1 aliphatic heterocycles. The van der Waals surface area contributed by atoms with Crippen molar-refractivity contribution < 1.29 is 4.74 Å². The van der Waals surface area contributed by atoms with E-state index in [1.54, 1.807) is 7.11 Å². The molecular formula is C14H30N2O. The first kappa shape index (κ1) is 14.9. The average molecular weight is 242 g/mol. The van der Waals surface area contributed by atoms with Crippen LogP contribution < -0.4 is 5.32 Å². The fourth-order valence-electron chi connectivity index (χ4n) is 2.30. The van der Waals surface area contributed by atoms with Gasteiger partial charge in [-0.3, -0.25) is 0 Å². The van der Waals surface area contributed by atoms with E-state index in [4.69, 9.17) is 4.74 Å². The summed E-state index contributed by atoms with van der Waals surface area (Å²) in [5.74, 6) is 0.878. The van der Waals surface area contributed by atoms with Gasteiger partial charge >= 0.3 is 0 Å². The van der Waals surface area contributed by atoms with Gasteiger partial charge in [0.05, 0.1) is 5.60 Å². The summed E-state index contributed by atoms with van der Waals surface area (Å²) >= 11 is 0. The minimum absolute atomic E-state index is 0.0125. The largest absolute Gasteiger partial charge is 0.379 e. The number of likely N-dealkylation sites (tertiary alicyclic amines) is 1. The minimum Gasteiger partial charge on any atom is -0.379 e. The molecule has 102 valence electrons. The summed E-state index contributed by atoms with van der Waals surface area (Å²) in [7, 11) is 1.79. The van der Waals surface area contributed by atoms with Crippen LogP contribution in [0.5, 0.6) is 0 Å². The Morgan fingerprint density at radius 1 is 1.29 bits per heavy atom. The minimum atomic E-state index is 0.0125. The number of methoxy groups -OCH3 is 1. The second-order valence-electron chi connectivity index (χ2n) is 5.80. The van der Waals surface area contributed by atoms with Gasteiger partial charge in [-0.15, -0.1) is 0 Å². The fourth-order valence-corrected chi connectivity index (χ4v) is 2.30. The number of hydrogen-bond acceptors (Lipinski definition) is 3. The van der Waals surface area contributed by atoms with E-state index in [-0.39, 0.29) is 5.60 Å². The van der Waals surface area contributed by atoms with E-state index in [1.807, 2.05) is 0 Å². The third kappa shape index (κ3) is 5.84. The molecule has 0 unspecified atom stereocenters. The molecular weight excluding hydrogens is 212 g/mol. The molecule has 1 heterocycles. The van der Waals surface area contributed by atoms with Crippen LogP contribution in [0.25, 0.3) is 0 Å². The molecule has 3 heteroatoms. The molecule has 0 amide bonds. The summed E-state index contributed by atoms with van der Waals surface area (Å²) in [6.07, 6.45) is 3.79. The summed E-state index contributed by atoms with van der Waals surface area (Å²) in [6.45, 7) is 12.6. The zero-order valence-corrected chi connectivity index (χ0v) is 12.1. The highest BCUT2D eigenvalue weighted by molar-refractivity contribution is 4.74. The highest BCUT2D eigenvalue weighted by atomic mass is 16.5. The smallest absolute Gasteiger partial charge is 0.0634 e. The van der Waals surface area contributed by atoms with Crippen LogP contribution in [0, 0.1) is 5.92 Å². The van der Waals surface area contributed by atoms with E-state index in [2.05, 4.69) is 31.0 Å². The quantitative estimate of drug-likeness (QED) is 0.692. The number of hydrogen-bond donors (Lipinski definition) is 1. The monoisotopic (exact) mass is 242 g/mol. The van der Waals surface area contributed by atoms with Crippen molar-refractivity contribution in [2.45, 2.75) is 45.6 Å². The van der Waals surface area contributed by atoms with Gasteiger partial charge in [0.25, 0.3) is 0 Å². The molecule has 1 fully saturated rings. The van der Waals surface area contributed by atoms with Gasteiger partial charge in [-0.2, -0.15) is 0 Å². The summed E-state index contributed by atoms with van der Waals surface area (Å²) in [5.41, 5.74) is 0.0125. The summed E-state index contributed by atoms with van der Waals surface area (Å²) < 4.78 is 5.41. The van der Waals surface area contributed by atoms with Gasteiger partial charge < -0.3 is 15.0 Å². The van der Waals surface area contributed by atoms with Crippen molar-refractivity contribution in [2.24, 2.45) is 5.92 Å². The van der Waals surface area contributed by atoms with E-state index in [0.29, 0.717) is 0 Å². The Morgan fingerprint density at radius 3 is 2.47 bits per heavy atom. The number of ether oxygens (including phenoxy) is 1. The lowest BCUT2D eigenvalue weighted by molar-refractivity contribution is 0.0156. The third-order valence-corrected chi connectivity index (χ3v) is 4.04. The van der Waals surface area contributed by atoms with Gasteiger partial charge in [0.1, 0.15) is 0 Å². The third-order valence-electron chi connectivity index (χ3n) is 4.04. The number of piperidine rings is 1. The molecule has 1 N–H and O–H groups in total. The molecule has 0 aromatic heterocycles. The molecule has 1 rings (SSSR count). The zero-order chi connectivity index (χ0) is 12.7. The Bertz CT molecular complexity index is 198. The zero-order valence-electron chi connectivity index (χ0n) is 12.1. The van der Waals surface area contributed by atoms with E-state index in [9.17, 15) is 0 Å². The van der Waals surface area contributed by atoms with Crippen molar-refractivity contribution in [3.05, 3.63) is 0 Å². The lowest BCUT2D eigenvalue weighted by atomic mass is 9.96. The van der Waals surface area contributed by atoms with Gasteiger partial charge in [-0.25, -0.2) is 0 Å². The summed E-state index contributed by atoms with van der Waals surface area (Å²) in [4.78, 5) is 2.55. The Labute approximate surface area is 107 Å². The van der Waals surface area contributed by atoms with E-state index in [0.717, 1.165) is 18.9 Å². The highest BCUT2D eigenvalue weighted by Gasteiger charge is 2.18. The van der Waals surface area contributed by atoms with Crippen molar-refractivity contribution in [2.75, 3.05) is 39.8 Å². The lowest BCUT2D eigenvalue weighted by Crippen LogP contribution is -2.38. The van der Waals surface area contributed by atoms with Crippen molar-refractivity contribution in [1.29, 1.82) is 0 Å². The van der Waals surface area contributed by atoms with Crippen LogP contribution in [0.1, 0.15) is 40.0 Å². The van der Waals surface area contributed by atoms with E-state index < -0.39 is 0 Å². The van der Waals surface area contributed by atoms with Crippen molar-refractivity contribution >= 4 is 0 Å². The highest BCUT2D eigenvalue weighted by Crippen LogP contribution is 2.16. The maximum Gasteiger partial charge on any atom is 0.0634 e. The van der Waals surface area contributed by atoms with Gasteiger partial charge in [0.2, 0.25) is 0 Å². The Morgan fingerprint density at radius 2 is 1.94 bits per heavy atom. The summed E-state index contributed by atoms with van der Waals surface area (Å²) in [6, 6.07) is 0. The first-order valence-corrected chi connectivity index (χ1v) is 7.05. The molecule has 0 atom stereocenters. The van der Waals surface area contributed by atoms with E-state index >= 15 is 0 Å². The molecule has 0 aromatic carbocycles. The molecule has 0 aliphatic carbocycles. The SMILES string of the molecule is CCN1CCC(CNCCC(C)(C)OC)CC1. The van der Waals surface area contributed by atoms with Crippen LogP contribution in [-0.4, -0.2) is 50.3 Å². The Balaban J connectivity index is 2.04. The molecule has 0 spiro atoms. The molecule has 0 radical (unpaired) electrons. The topological polar surface area (TPSA) is 24.5 Å². The molecule has 0 bridgehead atoms. The van der Waals surface area contributed by atoms with Gasteiger partial charge in [-0.1, -0.05) is 6.92 Å². The first-order chi connectivity index (χ1) is 8.07. The number of nitrogens with zero attached hydrogens (tertiary/aromatic N) is 1. The molecule has 17 heavy (non-hydrogen) atoms. The summed E-state index contributed by atoms with van der Waals surface area (Å²) in [5, 5.41) is 3.58. The maximum atomic E-state index is 5.41. The van der Waals surface area contributed by atoms with Crippen molar-refractivity contribution in [1.82, 2.24) is 10.2 Å². The van der Waals surface area contributed by atoms with Gasteiger partial charge in [-0.05, 0) is 71.8 Å². The van der Waals surface area contributed by atoms with Crippen molar-refractivity contribution in [3.8, 4) is 0 Å². The Kier molecular flexibility index (Phi) is 6.45. The average Bonchev–Trinajstić information content (AvgIpc) is 2.35. The van der Waals surface area contributed by atoms with Crippen LogP contribution >= 0.6 is 0 Å². The maximum absolute atomic E-state index is 5.41. The van der Waals surface area contributed by atoms with Crippen LogP contribution in [0.2, 0.25) is 0 Å². The predicted molar refractivity (Wildman–Crippen MR) is 73.4 cm³/mol. The molecule has 3 nitrogen and oxygen atoms in total. The lowest BCUT2D eigenvalue weighted by Gasteiger charge is -2.31.